The highest BCUT2D eigenvalue weighted by Crippen LogP contribution is 2.53. The summed E-state index contributed by atoms with van der Waals surface area (Å²) in [6, 6.07) is 19.2. The lowest BCUT2D eigenvalue weighted by Crippen LogP contribution is -2.60. The number of rotatable bonds is 3. The summed E-state index contributed by atoms with van der Waals surface area (Å²) in [5, 5.41) is 22.9. The zero-order valence-corrected chi connectivity index (χ0v) is 14.5. The molecule has 1 aliphatic heterocycles. The molecule has 0 saturated carbocycles. The van der Waals surface area contributed by atoms with Gasteiger partial charge in [0.2, 0.25) is 0 Å². The second kappa shape index (κ2) is 6.32. The van der Waals surface area contributed by atoms with Crippen LogP contribution >= 0.6 is 0 Å². The smallest absolute Gasteiger partial charge is 0.198 e. The maximum Gasteiger partial charge on any atom is 0.198 e. The van der Waals surface area contributed by atoms with Gasteiger partial charge in [0.05, 0.1) is 11.7 Å². The third-order valence-corrected chi connectivity index (χ3v) is 5.77. The van der Waals surface area contributed by atoms with E-state index < -0.39 is 17.3 Å². The van der Waals surface area contributed by atoms with Gasteiger partial charge in [-0.05, 0) is 12.0 Å². The Morgan fingerprint density at radius 3 is 2.00 bits per heavy atom. The van der Waals surface area contributed by atoms with Crippen LogP contribution in [0, 0.1) is 11.8 Å². The number of hydrogen-bond acceptors (Lipinski definition) is 3. The highest BCUT2D eigenvalue weighted by atomic mass is 16.6. The largest absolute Gasteiger partial charge is 0.389 e. The van der Waals surface area contributed by atoms with Crippen molar-refractivity contribution in [2.45, 2.75) is 44.7 Å². The van der Waals surface area contributed by atoms with Crippen molar-refractivity contribution in [1.29, 1.82) is 0 Å². The van der Waals surface area contributed by atoms with Gasteiger partial charge in [0.1, 0.15) is 0 Å². The Morgan fingerprint density at radius 2 is 1.46 bits per heavy atom. The van der Waals surface area contributed by atoms with E-state index in [9.17, 15) is 10.2 Å². The van der Waals surface area contributed by atoms with Crippen molar-refractivity contribution in [2.24, 2.45) is 11.8 Å². The predicted octanol–water partition coefficient (Wildman–Crippen LogP) is 4.02. The third-order valence-electron chi connectivity index (χ3n) is 5.77. The minimum absolute atomic E-state index is 0.135. The Kier molecular flexibility index (Phi) is 4.52. The molecule has 1 heterocycles. The Morgan fingerprint density at radius 1 is 0.917 bits per heavy atom. The normalized spacial score (nSPS) is 36.5. The van der Waals surface area contributed by atoms with Gasteiger partial charge in [-0.1, -0.05) is 81.4 Å². The summed E-state index contributed by atoms with van der Waals surface area (Å²) in [7, 11) is 0. The summed E-state index contributed by atoms with van der Waals surface area (Å²) >= 11 is 0. The second-order valence-electron chi connectivity index (χ2n) is 6.87. The van der Waals surface area contributed by atoms with Gasteiger partial charge in [0, 0.05) is 17.4 Å². The van der Waals surface area contributed by atoms with Crippen molar-refractivity contribution >= 4 is 0 Å². The topological polar surface area (TPSA) is 49.7 Å². The Balaban J connectivity index is 2.11. The van der Waals surface area contributed by atoms with Crippen molar-refractivity contribution < 1.29 is 14.9 Å². The Hall–Kier alpha value is -1.68. The highest BCUT2D eigenvalue weighted by Gasteiger charge is 2.58. The van der Waals surface area contributed by atoms with Gasteiger partial charge in [-0.2, -0.15) is 0 Å². The first-order valence-corrected chi connectivity index (χ1v) is 8.66. The molecule has 3 nitrogen and oxygen atoms in total. The molecule has 0 amide bonds. The molecule has 24 heavy (non-hydrogen) atoms. The molecule has 5 atom stereocenters. The quantitative estimate of drug-likeness (QED) is 0.896. The number of benzene rings is 2. The SMILES string of the molecule is CC[C@@]1(O)[C@H](C)[C@@H](c2ccccc2)O[C@@](O)(c2ccccc2)[C@@H]1C. The van der Waals surface area contributed by atoms with Crippen LogP contribution in [-0.2, 0) is 10.5 Å². The second-order valence-corrected chi connectivity index (χ2v) is 6.87. The fourth-order valence-electron chi connectivity index (χ4n) is 4.02. The third kappa shape index (κ3) is 2.57. The lowest BCUT2D eigenvalue weighted by molar-refractivity contribution is -0.355. The van der Waals surface area contributed by atoms with Crippen LogP contribution in [0.15, 0.2) is 60.7 Å². The van der Waals surface area contributed by atoms with E-state index in [1.807, 2.05) is 81.4 Å². The first-order chi connectivity index (χ1) is 11.4. The Labute approximate surface area is 143 Å². The molecule has 0 bridgehead atoms. The molecule has 0 spiro atoms. The monoisotopic (exact) mass is 326 g/mol. The highest BCUT2D eigenvalue weighted by molar-refractivity contribution is 5.26. The number of ether oxygens (including phenoxy) is 1. The van der Waals surface area contributed by atoms with E-state index in [-0.39, 0.29) is 12.0 Å². The first-order valence-electron chi connectivity index (χ1n) is 8.66. The lowest BCUT2D eigenvalue weighted by atomic mass is 9.66. The van der Waals surface area contributed by atoms with Gasteiger partial charge in [0.25, 0.3) is 0 Å². The average molecular weight is 326 g/mol. The van der Waals surface area contributed by atoms with Crippen LogP contribution in [0.4, 0.5) is 0 Å². The summed E-state index contributed by atoms with van der Waals surface area (Å²) < 4.78 is 6.26. The van der Waals surface area contributed by atoms with Crippen LogP contribution < -0.4 is 0 Å². The van der Waals surface area contributed by atoms with Crippen LogP contribution in [0.1, 0.15) is 44.4 Å². The molecule has 3 heteroatoms. The average Bonchev–Trinajstić information content (AvgIpc) is 2.64. The van der Waals surface area contributed by atoms with Gasteiger partial charge in [-0.3, -0.25) is 0 Å². The summed E-state index contributed by atoms with van der Waals surface area (Å²) in [6.45, 7) is 5.84. The van der Waals surface area contributed by atoms with Crippen LogP contribution in [-0.4, -0.2) is 15.8 Å². The summed E-state index contributed by atoms with van der Waals surface area (Å²) in [6.07, 6.45) is 0.175. The van der Waals surface area contributed by atoms with Gasteiger partial charge in [-0.25, -0.2) is 0 Å². The maximum absolute atomic E-state index is 11.4. The van der Waals surface area contributed by atoms with E-state index >= 15 is 0 Å². The predicted molar refractivity (Wildman–Crippen MR) is 94.2 cm³/mol. The van der Waals surface area contributed by atoms with Crippen molar-refractivity contribution in [1.82, 2.24) is 0 Å². The van der Waals surface area contributed by atoms with Crippen molar-refractivity contribution in [3.63, 3.8) is 0 Å². The standard InChI is InChI=1S/C21H26O3/c1-4-20(22)15(2)19(17-11-7-5-8-12-17)24-21(23,16(20)3)18-13-9-6-10-14-18/h5-16,19,22-23H,4H2,1-3H3/t15-,16-,19+,20-,21-/m1/s1. The molecule has 0 radical (unpaired) electrons. The van der Waals surface area contributed by atoms with Crippen LogP contribution in [0.2, 0.25) is 0 Å². The van der Waals surface area contributed by atoms with Crippen LogP contribution in [0.5, 0.6) is 0 Å². The molecule has 2 N–H and O–H groups in total. The molecule has 1 saturated heterocycles. The molecule has 0 unspecified atom stereocenters. The van der Waals surface area contributed by atoms with Crippen LogP contribution in [0.25, 0.3) is 0 Å². The van der Waals surface area contributed by atoms with Gasteiger partial charge < -0.3 is 14.9 Å². The van der Waals surface area contributed by atoms with E-state index in [1.165, 1.54) is 0 Å². The molecule has 0 aromatic heterocycles. The van der Waals surface area contributed by atoms with Crippen LogP contribution in [0.3, 0.4) is 0 Å². The minimum Gasteiger partial charge on any atom is -0.389 e. The first kappa shape index (κ1) is 17.2. The van der Waals surface area contributed by atoms with Crippen molar-refractivity contribution in [3.05, 3.63) is 71.8 Å². The van der Waals surface area contributed by atoms with E-state index in [1.54, 1.807) is 0 Å². The van der Waals surface area contributed by atoms with Crippen molar-refractivity contribution in [3.8, 4) is 0 Å². The van der Waals surface area contributed by atoms with Gasteiger partial charge in [-0.15, -0.1) is 0 Å². The summed E-state index contributed by atoms with van der Waals surface area (Å²) in [5.74, 6) is -2.12. The molecule has 1 aliphatic rings. The lowest BCUT2D eigenvalue weighted by Gasteiger charge is -2.54. The van der Waals surface area contributed by atoms with E-state index in [2.05, 4.69) is 0 Å². The molecular weight excluding hydrogens is 300 g/mol. The zero-order chi connectivity index (χ0) is 17.4. The van der Waals surface area contributed by atoms with E-state index in [0.717, 1.165) is 5.56 Å². The van der Waals surface area contributed by atoms with Gasteiger partial charge in [0.15, 0.2) is 5.79 Å². The summed E-state index contributed by atoms with van der Waals surface area (Å²) in [4.78, 5) is 0. The zero-order valence-electron chi connectivity index (χ0n) is 14.5. The summed E-state index contributed by atoms with van der Waals surface area (Å²) in [5.41, 5.74) is 0.624. The fraction of sp³-hybridized carbons (Fsp3) is 0.429. The molecule has 1 fully saturated rings. The molecule has 3 rings (SSSR count). The van der Waals surface area contributed by atoms with Gasteiger partial charge >= 0.3 is 0 Å². The minimum atomic E-state index is -1.53. The van der Waals surface area contributed by atoms with E-state index in [4.69, 9.17) is 4.74 Å². The molecule has 128 valence electrons. The number of aliphatic hydroxyl groups is 2. The van der Waals surface area contributed by atoms with E-state index in [0.29, 0.717) is 12.0 Å². The molecular formula is C21H26O3. The van der Waals surface area contributed by atoms with Crippen molar-refractivity contribution in [2.75, 3.05) is 0 Å². The molecule has 0 aliphatic carbocycles. The maximum atomic E-state index is 11.4. The number of hydrogen-bond donors (Lipinski definition) is 2. The molecule has 2 aromatic carbocycles. The fourth-order valence-corrected chi connectivity index (χ4v) is 4.02. The Bertz CT molecular complexity index is 672. The molecule has 2 aromatic rings.